The fourth-order valence-corrected chi connectivity index (χ4v) is 6.29. The second-order valence-electron chi connectivity index (χ2n) is 7.51. The molecule has 2 heterocycles. The molecule has 2 rings (SSSR count). The lowest BCUT2D eigenvalue weighted by atomic mass is 9.81. The molecule has 2 aliphatic heterocycles. The van der Waals surface area contributed by atoms with E-state index in [1.54, 1.807) is 0 Å². The number of carboxylic acid groups (broad SMARTS) is 1. The van der Waals surface area contributed by atoms with Crippen LogP contribution in [0.2, 0.25) is 0 Å². The number of nitrogens with zero attached hydrogens (tertiary/aromatic N) is 1. The van der Waals surface area contributed by atoms with Crippen LogP contribution >= 0.6 is 21.6 Å². The predicted molar refractivity (Wildman–Crippen MR) is 109 cm³/mol. The highest BCUT2D eigenvalue weighted by atomic mass is 33.1. The summed E-state index contributed by atoms with van der Waals surface area (Å²) in [7, 11) is 3.93. The van der Waals surface area contributed by atoms with E-state index in [1.165, 1.54) is 18.6 Å². The number of esters is 1. The molecule has 2 saturated heterocycles. The van der Waals surface area contributed by atoms with Crippen molar-refractivity contribution in [3.8, 4) is 0 Å². The van der Waals surface area contributed by atoms with Crippen LogP contribution in [0.1, 0.15) is 66.1 Å². The number of hydrogen-bond acceptors (Lipinski definition) is 6. The number of piperidine rings is 1. The quantitative estimate of drug-likeness (QED) is 0.328. The SMILES string of the molecule is [3H]CC1(COC(=O)CCC(=O)O)CCN(C(=O)CCCC[C@@H]2CCSS2)CC1. The first kappa shape index (κ1) is 20.8. The molecule has 0 aliphatic carbocycles. The zero-order valence-electron chi connectivity index (χ0n) is 16.8. The van der Waals surface area contributed by atoms with Gasteiger partial charge in [-0.05, 0) is 32.1 Å². The van der Waals surface area contributed by atoms with Crippen molar-refractivity contribution in [3.63, 3.8) is 0 Å². The lowest BCUT2D eigenvalue weighted by Gasteiger charge is -2.39. The minimum absolute atomic E-state index is 0.133. The normalized spacial score (nSPS) is 22.3. The molecule has 0 unspecified atom stereocenters. The van der Waals surface area contributed by atoms with E-state index in [0.717, 1.165) is 18.1 Å². The highest BCUT2D eigenvalue weighted by molar-refractivity contribution is 8.77. The molecule has 0 saturated carbocycles. The zero-order chi connectivity index (χ0) is 20.4. The summed E-state index contributed by atoms with van der Waals surface area (Å²) in [5.41, 5.74) is -0.424. The van der Waals surface area contributed by atoms with Crippen LogP contribution in [0.15, 0.2) is 0 Å². The maximum Gasteiger partial charge on any atom is 0.306 e. The third kappa shape index (κ3) is 8.34. The van der Waals surface area contributed by atoms with Crippen molar-refractivity contribution in [3.05, 3.63) is 0 Å². The lowest BCUT2D eigenvalue weighted by molar-refractivity contribution is -0.151. The van der Waals surface area contributed by atoms with Crippen LogP contribution in [0.3, 0.4) is 0 Å². The van der Waals surface area contributed by atoms with Crippen molar-refractivity contribution >= 4 is 39.4 Å². The standard InChI is InChI=1S/C19H31NO5S2/c1-19(14-25-18(24)7-6-17(22)23)9-11-20(12-10-19)16(21)5-3-2-4-15-8-13-26-27-15/h15H,2-14H2,1H3,(H,22,23)/t15-/m1/s1/i1T. The molecule has 0 bridgehead atoms. The average Bonchev–Trinajstić information content (AvgIpc) is 3.22. The number of rotatable bonds is 10. The highest BCUT2D eigenvalue weighted by Crippen LogP contribution is 2.40. The van der Waals surface area contributed by atoms with E-state index >= 15 is 0 Å². The smallest absolute Gasteiger partial charge is 0.306 e. The van der Waals surface area contributed by atoms with Gasteiger partial charge in [0, 0.05) is 37.3 Å². The molecule has 0 radical (unpaired) electrons. The van der Waals surface area contributed by atoms with Gasteiger partial charge in [-0.3, -0.25) is 14.4 Å². The highest BCUT2D eigenvalue weighted by Gasteiger charge is 2.33. The predicted octanol–water partition coefficient (Wildman–Crippen LogP) is 3.74. The van der Waals surface area contributed by atoms with E-state index in [0.29, 0.717) is 32.4 Å². The molecular weight excluding hydrogens is 386 g/mol. The van der Waals surface area contributed by atoms with Crippen molar-refractivity contribution in [2.45, 2.75) is 69.9 Å². The molecule has 0 aromatic rings. The number of carbonyl (C=O) groups is 3. The van der Waals surface area contributed by atoms with E-state index in [1.807, 2.05) is 26.5 Å². The zero-order valence-corrected chi connectivity index (χ0v) is 17.5. The van der Waals surface area contributed by atoms with Crippen molar-refractivity contribution in [1.29, 1.82) is 0 Å². The first-order chi connectivity index (χ1) is 13.4. The van der Waals surface area contributed by atoms with Crippen LogP contribution in [0.25, 0.3) is 0 Å². The van der Waals surface area contributed by atoms with Crippen molar-refractivity contribution < 1.29 is 25.6 Å². The minimum Gasteiger partial charge on any atom is -0.481 e. The first-order valence-electron chi connectivity index (χ1n) is 10.4. The summed E-state index contributed by atoms with van der Waals surface area (Å²) in [6.07, 6.45) is 5.99. The maximum absolute atomic E-state index is 12.4. The van der Waals surface area contributed by atoms with Crippen LogP contribution in [-0.4, -0.2) is 58.6 Å². The average molecular weight is 420 g/mol. The fourth-order valence-electron chi connectivity index (χ4n) is 3.26. The number of carbonyl (C=O) groups excluding carboxylic acids is 2. The number of likely N-dealkylation sites (tertiary alicyclic amines) is 1. The van der Waals surface area contributed by atoms with Crippen LogP contribution < -0.4 is 0 Å². The number of unbranched alkanes of at least 4 members (excludes halogenated alkanes) is 1. The van der Waals surface area contributed by atoms with Gasteiger partial charge in [-0.25, -0.2) is 0 Å². The van der Waals surface area contributed by atoms with E-state index in [4.69, 9.17) is 11.2 Å². The van der Waals surface area contributed by atoms with Gasteiger partial charge in [-0.15, -0.1) is 0 Å². The molecule has 1 atom stereocenters. The van der Waals surface area contributed by atoms with Crippen molar-refractivity contribution in [2.75, 3.05) is 25.4 Å². The Morgan fingerprint density at radius 3 is 2.63 bits per heavy atom. The Morgan fingerprint density at radius 2 is 2.00 bits per heavy atom. The molecule has 1 amide bonds. The van der Waals surface area contributed by atoms with E-state index in [2.05, 4.69) is 0 Å². The summed E-state index contributed by atoms with van der Waals surface area (Å²) in [5, 5.41) is 9.37. The number of ether oxygens (including phenoxy) is 1. The molecule has 6 nitrogen and oxygen atoms in total. The van der Waals surface area contributed by atoms with Crippen LogP contribution in [0.5, 0.6) is 0 Å². The summed E-state index contributed by atoms with van der Waals surface area (Å²) in [6, 6.07) is 0. The topological polar surface area (TPSA) is 83.9 Å². The monoisotopic (exact) mass is 419 g/mol. The third-order valence-corrected chi connectivity index (χ3v) is 8.16. The summed E-state index contributed by atoms with van der Waals surface area (Å²) in [4.78, 5) is 36.5. The molecule has 0 aromatic carbocycles. The summed E-state index contributed by atoms with van der Waals surface area (Å²) < 4.78 is 13.1. The van der Waals surface area contributed by atoms with E-state index in [-0.39, 0.29) is 32.3 Å². The number of carboxylic acids is 1. The number of aliphatic carboxylic acids is 1. The van der Waals surface area contributed by atoms with Gasteiger partial charge in [-0.2, -0.15) is 0 Å². The lowest BCUT2D eigenvalue weighted by Crippen LogP contribution is -2.44. The van der Waals surface area contributed by atoms with Gasteiger partial charge in [0.25, 0.3) is 0 Å². The number of hydrogen-bond donors (Lipinski definition) is 1. The molecule has 2 aliphatic rings. The Hall–Kier alpha value is -0.890. The molecule has 1 N–H and O–H groups in total. The Balaban J connectivity index is 1.64. The van der Waals surface area contributed by atoms with E-state index in [9.17, 15) is 14.4 Å². The Kier molecular flexibility index (Phi) is 8.64. The first-order valence-corrected chi connectivity index (χ1v) is 12.0. The largest absolute Gasteiger partial charge is 0.481 e. The molecule has 0 spiro atoms. The summed E-state index contributed by atoms with van der Waals surface area (Å²) >= 11 is 0. The van der Waals surface area contributed by atoms with Crippen molar-refractivity contribution in [2.24, 2.45) is 5.41 Å². The van der Waals surface area contributed by atoms with Crippen LogP contribution in [-0.2, 0) is 19.1 Å². The Labute approximate surface area is 170 Å². The molecule has 27 heavy (non-hydrogen) atoms. The van der Waals surface area contributed by atoms with Gasteiger partial charge >= 0.3 is 11.9 Å². The Bertz CT molecular complexity index is 534. The third-order valence-electron chi connectivity index (χ3n) is 5.15. The van der Waals surface area contributed by atoms with Gasteiger partial charge in [0.1, 0.15) is 0 Å². The number of amides is 1. The molecule has 0 aromatic heterocycles. The van der Waals surface area contributed by atoms with Gasteiger partial charge in [-0.1, -0.05) is 34.9 Å². The molecular formula is C19H31NO5S2. The second-order valence-corrected chi connectivity index (χ2v) is 10.3. The van der Waals surface area contributed by atoms with Gasteiger partial charge in [0.2, 0.25) is 5.91 Å². The molecule has 154 valence electrons. The van der Waals surface area contributed by atoms with Crippen LogP contribution in [0.4, 0.5) is 0 Å². The summed E-state index contributed by atoms with van der Waals surface area (Å²) in [6.45, 7) is 1.46. The summed E-state index contributed by atoms with van der Waals surface area (Å²) in [5.74, 6) is -0.132. The van der Waals surface area contributed by atoms with E-state index < -0.39 is 17.4 Å². The van der Waals surface area contributed by atoms with Gasteiger partial charge < -0.3 is 14.7 Å². The van der Waals surface area contributed by atoms with Crippen molar-refractivity contribution in [1.82, 2.24) is 4.90 Å². The molecule has 2 fully saturated rings. The van der Waals surface area contributed by atoms with Crippen LogP contribution in [0, 0.1) is 5.41 Å². The Morgan fingerprint density at radius 1 is 1.22 bits per heavy atom. The minimum atomic E-state index is -1.03. The maximum atomic E-state index is 12.4. The molecule has 8 heteroatoms. The second kappa shape index (κ2) is 11.2. The fraction of sp³-hybridized carbons (Fsp3) is 0.842. The van der Waals surface area contributed by atoms with Gasteiger partial charge in [0.15, 0.2) is 0 Å². The van der Waals surface area contributed by atoms with Gasteiger partial charge in [0.05, 0.1) is 19.4 Å².